The molecule has 0 saturated heterocycles. The van der Waals surface area contributed by atoms with E-state index in [2.05, 4.69) is 16.0 Å². The third-order valence-corrected chi connectivity index (χ3v) is 10.8. The van der Waals surface area contributed by atoms with Crippen molar-refractivity contribution in [3.63, 3.8) is 0 Å². The number of hydrogen-bond donors (Lipinski definition) is 4. The van der Waals surface area contributed by atoms with Crippen molar-refractivity contribution in [2.45, 2.75) is 89.6 Å². The Hall–Kier alpha value is -3.41. The first-order valence-corrected chi connectivity index (χ1v) is 17.4. The number of aliphatic hydroxyl groups is 1. The second-order valence-corrected chi connectivity index (χ2v) is 14.3. The third-order valence-electron chi connectivity index (χ3n) is 9.09. The van der Waals surface area contributed by atoms with Crippen molar-refractivity contribution in [2.75, 3.05) is 23.7 Å². The number of carbonyl (C=O) groups excluding carboxylic acids is 2. The van der Waals surface area contributed by atoms with Gasteiger partial charge in [0, 0.05) is 43.3 Å². The van der Waals surface area contributed by atoms with E-state index in [1.54, 1.807) is 19.1 Å². The Bertz CT molecular complexity index is 1580. The number of nitrogens with zero attached hydrogens (tertiary/aromatic N) is 2. The van der Waals surface area contributed by atoms with Gasteiger partial charge in [-0.1, -0.05) is 49.6 Å². The van der Waals surface area contributed by atoms with E-state index in [1.807, 2.05) is 48.0 Å². The fourth-order valence-electron chi connectivity index (χ4n) is 6.35. The summed E-state index contributed by atoms with van der Waals surface area (Å²) in [7, 11) is -2.01. The lowest BCUT2D eigenvalue weighted by molar-refractivity contribution is -0.123. The highest BCUT2D eigenvalue weighted by Gasteiger charge is 2.30. The van der Waals surface area contributed by atoms with Gasteiger partial charge >= 0.3 is 0 Å². The molecule has 1 aromatic heterocycles. The van der Waals surface area contributed by atoms with Gasteiger partial charge in [0.25, 0.3) is 5.91 Å². The maximum Gasteiger partial charge on any atom is 0.251 e. The Morgan fingerprint density at radius 3 is 2.52 bits per heavy atom. The minimum Gasteiger partial charge on any atom is -0.390 e. The maximum absolute atomic E-state index is 13.8. The number of rotatable bonds is 11. The minimum atomic E-state index is -3.54. The first kappa shape index (κ1) is 32.0. The highest BCUT2D eigenvalue weighted by atomic mass is 32.2. The SMILES string of the molecule is CCn1cc2c3c(cc(C(=O)N[C@@H](Cc4ccccc4)[C@H](O)CNC(C)C(=O)NC4CCCCC4)cc31)N(C)S(=O)(=O)CC2. The molecular formula is C33H45N5O5S. The van der Waals surface area contributed by atoms with Crippen LogP contribution in [-0.4, -0.2) is 73.5 Å². The van der Waals surface area contributed by atoms with Gasteiger partial charge in [-0.2, -0.15) is 0 Å². The molecule has 4 N–H and O–H groups in total. The molecule has 2 aromatic carbocycles. The molecule has 1 aliphatic heterocycles. The van der Waals surface area contributed by atoms with Gasteiger partial charge in [-0.25, -0.2) is 8.42 Å². The van der Waals surface area contributed by atoms with Crippen molar-refractivity contribution in [1.82, 2.24) is 20.5 Å². The fourth-order valence-corrected chi connectivity index (χ4v) is 7.55. The molecule has 1 fully saturated rings. The number of aliphatic hydroxyl groups excluding tert-OH is 1. The lowest BCUT2D eigenvalue weighted by Crippen LogP contribution is -2.53. The van der Waals surface area contributed by atoms with Gasteiger partial charge in [0.2, 0.25) is 15.9 Å². The highest BCUT2D eigenvalue weighted by Crippen LogP contribution is 2.37. The normalized spacial score (nSPS) is 18.8. The summed E-state index contributed by atoms with van der Waals surface area (Å²) in [6.07, 6.45) is 7.20. The molecule has 10 nitrogen and oxygen atoms in total. The van der Waals surface area contributed by atoms with Crippen LogP contribution in [0.2, 0.25) is 0 Å². The molecule has 0 bridgehead atoms. The number of sulfonamides is 1. The Kier molecular flexibility index (Phi) is 9.97. The Balaban J connectivity index is 1.36. The largest absolute Gasteiger partial charge is 0.390 e. The molecule has 1 saturated carbocycles. The molecule has 3 atom stereocenters. The summed E-state index contributed by atoms with van der Waals surface area (Å²) in [5.41, 5.74) is 3.48. The number of nitrogens with one attached hydrogen (secondary N) is 3. The van der Waals surface area contributed by atoms with Crippen LogP contribution in [0.5, 0.6) is 0 Å². The van der Waals surface area contributed by atoms with E-state index in [0.29, 0.717) is 30.6 Å². The Labute approximate surface area is 260 Å². The van der Waals surface area contributed by atoms with Crippen molar-refractivity contribution in [3.8, 4) is 0 Å². The summed E-state index contributed by atoms with van der Waals surface area (Å²) in [6.45, 7) is 4.56. The van der Waals surface area contributed by atoms with Crippen molar-refractivity contribution in [1.29, 1.82) is 0 Å². The Morgan fingerprint density at radius 1 is 1.09 bits per heavy atom. The minimum absolute atomic E-state index is 0.00200. The zero-order valence-electron chi connectivity index (χ0n) is 25.9. The second-order valence-electron chi connectivity index (χ2n) is 12.2. The number of amides is 2. The topological polar surface area (TPSA) is 133 Å². The van der Waals surface area contributed by atoms with Crippen LogP contribution in [-0.2, 0) is 34.2 Å². The monoisotopic (exact) mass is 623 g/mol. The summed E-state index contributed by atoms with van der Waals surface area (Å²) in [5, 5.41) is 21.5. The molecule has 1 unspecified atom stereocenters. The predicted octanol–water partition coefficient (Wildman–Crippen LogP) is 3.11. The van der Waals surface area contributed by atoms with Gasteiger partial charge in [-0.05, 0) is 62.8 Å². The average molecular weight is 624 g/mol. The molecule has 3 aromatic rings. The van der Waals surface area contributed by atoms with Crippen LogP contribution < -0.4 is 20.3 Å². The van der Waals surface area contributed by atoms with E-state index in [4.69, 9.17) is 0 Å². The van der Waals surface area contributed by atoms with Crippen molar-refractivity contribution >= 4 is 38.4 Å². The van der Waals surface area contributed by atoms with Gasteiger partial charge in [-0.3, -0.25) is 13.9 Å². The summed E-state index contributed by atoms with van der Waals surface area (Å²) in [5.74, 6) is -0.507. The first-order valence-electron chi connectivity index (χ1n) is 15.8. The average Bonchev–Trinajstić information content (AvgIpc) is 3.35. The van der Waals surface area contributed by atoms with Gasteiger partial charge < -0.3 is 25.6 Å². The summed E-state index contributed by atoms with van der Waals surface area (Å²) < 4.78 is 29.2. The quantitative estimate of drug-likeness (QED) is 0.260. The lowest BCUT2D eigenvalue weighted by atomic mass is 9.95. The number of aryl methyl sites for hydroxylation is 2. The summed E-state index contributed by atoms with van der Waals surface area (Å²) in [4.78, 5) is 26.6. The molecule has 11 heteroatoms. The maximum atomic E-state index is 13.8. The van der Waals surface area contributed by atoms with Crippen LogP contribution in [0.25, 0.3) is 10.9 Å². The number of hydrogen-bond acceptors (Lipinski definition) is 6. The first-order chi connectivity index (χ1) is 21.1. The third kappa shape index (κ3) is 7.11. The molecule has 2 heterocycles. The Morgan fingerprint density at radius 2 is 1.82 bits per heavy atom. The number of anilines is 1. The van der Waals surface area contributed by atoms with Gasteiger partial charge in [0.15, 0.2) is 0 Å². The molecule has 238 valence electrons. The lowest BCUT2D eigenvalue weighted by Gasteiger charge is -2.28. The molecule has 0 spiro atoms. The smallest absolute Gasteiger partial charge is 0.251 e. The van der Waals surface area contributed by atoms with Crippen LogP contribution in [0.4, 0.5) is 5.69 Å². The number of benzene rings is 2. The van der Waals surface area contributed by atoms with E-state index in [9.17, 15) is 23.1 Å². The van der Waals surface area contributed by atoms with Crippen molar-refractivity contribution < 1.29 is 23.1 Å². The van der Waals surface area contributed by atoms with E-state index in [1.165, 1.54) is 17.8 Å². The molecule has 44 heavy (non-hydrogen) atoms. The van der Waals surface area contributed by atoms with Crippen molar-refractivity contribution in [3.05, 3.63) is 65.4 Å². The zero-order chi connectivity index (χ0) is 31.4. The van der Waals surface area contributed by atoms with E-state index in [-0.39, 0.29) is 24.2 Å². The molecule has 1 aliphatic carbocycles. The number of aromatic nitrogens is 1. The van der Waals surface area contributed by atoms with Crippen LogP contribution in [0.1, 0.15) is 67.4 Å². The zero-order valence-corrected chi connectivity index (χ0v) is 26.7. The summed E-state index contributed by atoms with van der Waals surface area (Å²) >= 11 is 0. The van der Waals surface area contributed by atoms with Crippen molar-refractivity contribution in [2.24, 2.45) is 0 Å². The van der Waals surface area contributed by atoms with E-state index >= 15 is 0 Å². The highest BCUT2D eigenvalue weighted by molar-refractivity contribution is 7.92. The van der Waals surface area contributed by atoms with E-state index < -0.39 is 34.1 Å². The van der Waals surface area contributed by atoms with Gasteiger partial charge in [0.05, 0.1) is 35.1 Å². The van der Waals surface area contributed by atoms with Gasteiger partial charge in [0.1, 0.15) is 0 Å². The summed E-state index contributed by atoms with van der Waals surface area (Å²) in [6, 6.07) is 12.1. The van der Waals surface area contributed by atoms with E-state index in [0.717, 1.165) is 47.7 Å². The molecule has 2 amide bonds. The van der Waals surface area contributed by atoms with Crippen LogP contribution in [0.3, 0.4) is 0 Å². The predicted molar refractivity (Wildman–Crippen MR) is 173 cm³/mol. The van der Waals surface area contributed by atoms with Crippen LogP contribution in [0.15, 0.2) is 48.7 Å². The standard InChI is InChI=1S/C33H45N5O5S/c1-4-38-21-24-15-16-44(42,43)37(3)28-18-25(19-29(38)31(24)28)33(41)36-27(17-23-11-7-5-8-12-23)30(39)20-34-22(2)32(40)35-26-13-9-6-10-14-26/h5,7-8,11-12,18-19,21-22,26-27,30,34,39H,4,6,9-10,13-17,20H2,1-3H3,(H,35,40)(H,36,41)/t22?,27-,30+/m0/s1. The molecular weight excluding hydrogens is 578 g/mol. The van der Waals surface area contributed by atoms with Crippen LogP contribution >= 0.6 is 0 Å². The molecule has 2 aliphatic rings. The molecule has 5 rings (SSSR count). The second kappa shape index (κ2) is 13.7. The fraction of sp³-hybridized carbons (Fsp3) is 0.515. The molecule has 0 radical (unpaired) electrons. The van der Waals surface area contributed by atoms with Crippen LogP contribution in [0, 0.1) is 0 Å². The van der Waals surface area contributed by atoms with Gasteiger partial charge in [-0.15, -0.1) is 0 Å². The number of carbonyl (C=O) groups is 2.